The van der Waals surface area contributed by atoms with Crippen molar-refractivity contribution in [3.05, 3.63) is 53.1 Å². The largest absolute Gasteiger partial charge is 0.493 e. The second-order valence-corrected chi connectivity index (χ2v) is 9.07. The average molecular weight is 462 g/mol. The van der Waals surface area contributed by atoms with Crippen molar-refractivity contribution in [1.29, 1.82) is 0 Å². The van der Waals surface area contributed by atoms with E-state index in [2.05, 4.69) is 5.32 Å². The molecule has 2 aromatic rings. The maximum absolute atomic E-state index is 13.4. The lowest BCUT2D eigenvalue weighted by Crippen LogP contribution is -2.37. The molecule has 1 aliphatic rings. The minimum atomic E-state index is -4.01. The molecule has 0 fully saturated rings. The molecule has 2 aromatic carbocycles. The Morgan fingerprint density at radius 3 is 2.50 bits per heavy atom. The van der Waals surface area contributed by atoms with E-state index in [4.69, 9.17) is 10.8 Å². The Hall–Kier alpha value is -3.40. The van der Waals surface area contributed by atoms with Gasteiger partial charge in [-0.25, -0.2) is 8.42 Å². The van der Waals surface area contributed by atoms with Crippen LogP contribution in [0.2, 0.25) is 0 Å². The Morgan fingerprint density at radius 2 is 1.91 bits per heavy atom. The second kappa shape index (κ2) is 8.99. The summed E-state index contributed by atoms with van der Waals surface area (Å²) in [7, 11) is -2.58. The van der Waals surface area contributed by atoms with E-state index in [1.165, 1.54) is 50.4 Å². The van der Waals surface area contributed by atoms with E-state index in [0.29, 0.717) is 5.75 Å². The van der Waals surface area contributed by atoms with Crippen molar-refractivity contribution < 1.29 is 33.6 Å². The number of ether oxygens (including phenoxy) is 2. The summed E-state index contributed by atoms with van der Waals surface area (Å²) in [4.78, 5) is 39.0. The molecule has 0 aromatic heterocycles. The number of sulfone groups is 1. The Balaban J connectivity index is 2.19. The highest BCUT2D eigenvalue weighted by Gasteiger charge is 2.43. The van der Waals surface area contributed by atoms with Gasteiger partial charge in [-0.1, -0.05) is 12.1 Å². The number of methoxy groups -OCH3 is 1. The topological polar surface area (TPSA) is 119 Å². The van der Waals surface area contributed by atoms with Gasteiger partial charge in [-0.2, -0.15) is 0 Å². The van der Waals surface area contributed by atoms with Crippen LogP contribution in [0.1, 0.15) is 47.5 Å². The number of carbonyl (C=O) groups excluding carboxylic acids is 3. The molecule has 1 unspecified atom stereocenters. The van der Waals surface area contributed by atoms with E-state index in [0.717, 1.165) is 11.2 Å². The predicted octanol–water partition coefficient (Wildman–Crippen LogP) is 2.43. The number of imide groups is 1. The molecule has 32 heavy (non-hydrogen) atoms. The van der Waals surface area contributed by atoms with Crippen molar-refractivity contribution in [3.8, 4) is 11.5 Å². The monoisotopic (exact) mass is 461 g/mol. The standard InChI is InChI=1S/C22H24N2O7S/c1-5-31-19-11-14(9-10-18(19)30-3)17(12-32(4,28)29)24-21(26)15-7-6-8-16(23-13(2)25)20(15)22(24)27/h6-11,17H,5,12H2,1-4H3,(H,23,25)/t17-/m1/s1/i12D/t12?,17-. The van der Waals surface area contributed by atoms with Gasteiger partial charge >= 0.3 is 0 Å². The first-order chi connectivity index (χ1) is 15.5. The van der Waals surface area contributed by atoms with Crippen LogP contribution in [0.4, 0.5) is 5.69 Å². The fraction of sp³-hybridized carbons (Fsp3) is 0.318. The fourth-order valence-electron chi connectivity index (χ4n) is 3.52. The molecule has 0 saturated carbocycles. The first kappa shape index (κ1) is 21.8. The molecule has 1 N–H and O–H groups in total. The maximum atomic E-state index is 13.4. The van der Waals surface area contributed by atoms with Crippen LogP contribution < -0.4 is 14.8 Å². The van der Waals surface area contributed by atoms with Crippen molar-refractivity contribution in [2.75, 3.05) is 31.0 Å². The molecule has 0 saturated heterocycles. The number of nitrogens with zero attached hydrogens (tertiary/aromatic N) is 1. The molecular formula is C22H24N2O7S. The lowest BCUT2D eigenvalue weighted by molar-refractivity contribution is -0.114. The zero-order chi connectivity index (χ0) is 24.5. The van der Waals surface area contributed by atoms with Crippen molar-refractivity contribution in [2.24, 2.45) is 0 Å². The summed E-state index contributed by atoms with van der Waals surface area (Å²) in [6.45, 7) is 3.30. The smallest absolute Gasteiger partial charge is 0.264 e. The summed E-state index contributed by atoms with van der Waals surface area (Å²) < 4.78 is 44.0. The van der Waals surface area contributed by atoms with Gasteiger partial charge in [-0.05, 0) is 36.8 Å². The number of fused-ring (bicyclic) bond motifs is 1. The molecule has 10 heteroatoms. The van der Waals surface area contributed by atoms with Gasteiger partial charge in [0.1, 0.15) is 9.84 Å². The van der Waals surface area contributed by atoms with Gasteiger partial charge in [-0.15, -0.1) is 0 Å². The number of nitrogens with one attached hydrogen (secondary N) is 1. The van der Waals surface area contributed by atoms with Gasteiger partial charge in [0.25, 0.3) is 11.8 Å². The zero-order valence-electron chi connectivity index (χ0n) is 19.0. The number of hydrogen-bond donors (Lipinski definition) is 1. The summed E-state index contributed by atoms with van der Waals surface area (Å²) in [5, 5.41) is 2.52. The van der Waals surface area contributed by atoms with Gasteiger partial charge in [0.2, 0.25) is 5.91 Å². The molecule has 3 rings (SSSR count). The minimum absolute atomic E-state index is 0.00972. The number of benzene rings is 2. The van der Waals surface area contributed by atoms with Gasteiger partial charge in [0, 0.05) is 14.6 Å². The van der Waals surface area contributed by atoms with Crippen LogP contribution in [0.5, 0.6) is 11.5 Å². The predicted molar refractivity (Wildman–Crippen MR) is 118 cm³/mol. The normalized spacial score (nSPS) is 15.6. The van der Waals surface area contributed by atoms with Crippen molar-refractivity contribution >= 4 is 33.2 Å². The highest BCUT2D eigenvalue weighted by Crippen LogP contribution is 2.38. The molecule has 1 aliphatic heterocycles. The Labute approximate surface area is 187 Å². The van der Waals surface area contributed by atoms with E-state index in [9.17, 15) is 22.8 Å². The third kappa shape index (κ3) is 4.59. The van der Waals surface area contributed by atoms with Gasteiger partial charge in [0.05, 0.1) is 42.3 Å². The summed E-state index contributed by atoms with van der Waals surface area (Å²) in [6.07, 6.45) is 0.867. The molecule has 1 heterocycles. The Kier molecular flexibility index (Phi) is 6.13. The summed E-state index contributed by atoms with van der Waals surface area (Å²) >= 11 is 0. The third-order valence-corrected chi connectivity index (χ3v) is 5.49. The van der Waals surface area contributed by atoms with E-state index in [1.807, 2.05) is 0 Å². The molecule has 0 radical (unpaired) electrons. The molecule has 0 spiro atoms. The van der Waals surface area contributed by atoms with Crippen molar-refractivity contribution in [3.63, 3.8) is 0 Å². The SMILES string of the molecule is [2H]C([C@H](c1ccc(OC)c(OCC)c1)N1C(=O)c2cccc(NC(C)=O)c2C1=O)S(C)(=O)=O. The number of rotatable bonds is 8. The summed E-state index contributed by atoms with van der Waals surface area (Å²) in [6, 6.07) is 7.38. The van der Waals surface area contributed by atoms with Crippen molar-refractivity contribution in [1.82, 2.24) is 4.90 Å². The van der Waals surface area contributed by atoms with Crippen LogP contribution in [0.3, 0.4) is 0 Å². The number of anilines is 1. The molecule has 170 valence electrons. The Bertz CT molecular complexity index is 1230. The number of hydrogen-bond acceptors (Lipinski definition) is 7. The third-order valence-electron chi connectivity index (χ3n) is 4.74. The molecule has 2 atom stereocenters. The van der Waals surface area contributed by atoms with Crippen LogP contribution in [-0.4, -0.2) is 56.7 Å². The van der Waals surface area contributed by atoms with Crippen molar-refractivity contribution in [2.45, 2.75) is 19.9 Å². The summed E-state index contributed by atoms with van der Waals surface area (Å²) in [5.41, 5.74) is -1.57. The van der Waals surface area contributed by atoms with Crippen LogP contribution in [-0.2, 0) is 14.6 Å². The lowest BCUT2D eigenvalue weighted by atomic mass is 10.1. The van der Waals surface area contributed by atoms with E-state index in [-0.39, 0.29) is 34.7 Å². The van der Waals surface area contributed by atoms with E-state index >= 15 is 0 Å². The molecular weight excluding hydrogens is 436 g/mol. The molecule has 3 amide bonds. The second-order valence-electron chi connectivity index (χ2n) is 7.14. The summed E-state index contributed by atoms with van der Waals surface area (Å²) in [5.74, 6) is -1.36. The Morgan fingerprint density at radius 1 is 1.19 bits per heavy atom. The van der Waals surface area contributed by atoms with Crippen LogP contribution >= 0.6 is 0 Å². The molecule has 0 aliphatic carbocycles. The lowest BCUT2D eigenvalue weighted by Gasteiger charge is -2.27. The maximum Gasteiger partial charge on any atom is 0.264 e. The minimum Gasteiger partial charge on any atom is -0.493 e. The quantitative estimate of drug-likeness (QED) is 0.600. The first-order valence-corrected chi connectivity index (χ1v) is 11.7. The first-order valence-electron chi connectivity index (χ1n) is 10.3. The average Bonchev–Trinajstić information content (AvgIpc) is 2.99. The zero-order valence-corrected chi connectivity index (χ0v) is 18.9. The van der Waals surface area contributed by atoms with Gasteiger partial charge in [0.15, 0.2) is 11.5 Å². The van der Waals surface area contributed by atoms with Crippen LogP contribution in [0, 0.1) is 0 Å². The highest BCUT2D eigenvalue weighted by molar-refractivity contribution is 7.90. The number of carbonyl (C=O) groups is 3. The fourth-order valence-corrected chi connectivity index (χ4v) is 4.27. The van der Waals surface area contributed by atoms with Crippen LogP contribution in [0.15, 0.2) is 36.4 Å². The van der Waals surface area contributed by atoms with E-state index < -0.39 is 39.3 Å². The van der Waals surface area contributed by atoms with Gasteiger partial charge in [-0.3, -0.25) is 19.3 Å². The van der Waals surface area contributed by atoms with Crippen LogP contribution in [0.25, 0.3) is 0 Å². The molecule has 9 nitrogen and oxygen atoms in total. The van der Waals surface area contributed by atoms with Gasteiger partial charge < -0.3 is 14.8 Å². The number of amides is 3. The van der Waals surface area contributed by atoms with E-state index in [1.54, 1.807) is 6.92 Å². The molecule has 0 bridgehead atoms. The highest BCUT2D eigenvalue weighted by atomic mass is 32.2.